The Balaban J connectivity index is 2.51. The first-order valence-electron chi connectivity index (χ1n) is 5.96. The van der Waals surface area contributed by atoms with E-state index >= 15 is 0 Å². The fraction of sp³-hybridized carbons (Fsp3) is 0.917. The fourth-order valence-corrected chi connectivity index (χ4v) is 2.26. The van der Waals surface area contributed by atoms with E-state index < -0.39 is 0 Å². The summed E-state index contributed by atoms with van der Waals surface area (Å²) in [7, 11) is 0. The Kier molecular flexibility index (Phi) is 4.68. The van der Waals surface area contributed by atoms with E-state index in [1.54, 1.807) is 0 Å². The Morgan fingerprint density at radius 2 is 2.19 bits per heavy atom. The van der Waals surface area contributed by atoms with E-state index in [2.05, 4.69) is 39.3 Å². The number of carbonyl (C=O) groups excluding carboxylic acids is 1. The molecular weight excluding hydrogens is 220 g/mol. The summed E-state index contributed by atoms with van der Waals surface area (Å²) in [5, 5.41) is 3.33. The Labute approximate surface area is 103 Å². The number of likely N-dealkylation sites (tertiary alicyclic amines) is 1. The van der Waals surface area contributed by atoms with Crippen LogP contribution in [0.25, 0.3) is 0 Å². The van der Waals surface area contributed by atoms with E-state index in [1.807, 2.05) is 16.7 Å². The predicted octanol–water partition coefficient (Wildman–Crippen LogP) is 1.73. The minimum Gasteiger partial charge on any atom is -0.340 e. The molecule has 1 unspecified atom stereocenters. The summed E-state index contributed by atoms with van der Waals surface area (Å²) in [6.45, 7) is 10.3. The molecule has 1 heterocycles. The summed E-state index contributed by atoms with van der Waals surface area (Å²) in [5.41, 5.74) is 0. The van der Waals surface area contributed by atoms with Crippen molar-refractivity contribution in [3.63, 3.8) is 0 Å². The Morgan fingerprint density at radius 3 is 2.69 bits per heavy atom. The smallest absolute Gasteiger partial charge is 0.239 e. The number of hydrogen-bond donors (Lipinski definition) is 1. The molecule has 4 heteroatoms. The van der Waals surface area contributed by atoms with Gasteiger partial charge in [-0.1, -0.05) is 13.8 Å². The van der Waals surface area contributed by atoms with Crippen LogP contribution in [0.15, 0.2) is 0 Å². The van der Waals surface area contributed by atoms with Crippen molar-refractivity contribution in [1.29, 1.82) is 0 Å². The lowest BCUT2D eigenvalue weighted by Gasteiger charge is -2.28. The van der Waals surface area contributed by atoms with Crippen molar-refractivity contribution in [3.05, 3.63) is 0 Å². The van der Waals surface area contributed by atoms with Gasteiger partial charge in [-0.15, -0.1) is 0 Å². The van der Waals surface area contributed by atoms with Gasteiger partial charge in [0.25, 0.3) is 0 Å². The summed E-state index contributed by atoms with van der Waals surface area (Å²) in [5.74, 6) is 0.274. The van der Waals surface area contributed by atoms with Crippen LogP contribution in [-0.2, 0) is 4.79 Å². The van der Waals surface area contributed by atoms with Gasteiger partial charge in [0.05, 0.1) is 6.04 Å². The fourth-order valence-electron chi connectivity index (χ4n) is 1.98. The molecule has 1 amide bonds. The summed E-state index contributed by atoms with van der Waals surface area (Å²) in [6, 6.07) is 0.417. The second-order valence-corrected chi connectivity index (χ2v) is 6.90. The zero-order valence-electron chi connectivity index (χ0n) is 11.0. The summed E-state index contributed by atoms with van der Waals surface area (Å²) in [6.07, 6.45) is 3.05. The van der Waals surface area contributed by atoms with E-state index in [4.69, 9.17) is 0 Å². The Hall–Kier alpha value is -0.220. The lowest BCUT2D eigenvalue weighted by molar-refractivity contribution is -0.129. The van der Waals surface area contributed by atoms with Crippen molar-refractivity contribution in [2.24, 2.45) is 0 Å². The maximum Gasteiger partial charge on any atom is 0.239 e. The van der Waals surface area contributed by atoms with Crippen molar-refractivity contribution in [3.8, 4) is 0 Å². The largest absolute Gasteiger partial charge is 0.340 e. The first-order chi connectivity index (χ1) is 7.35. The monoisotopic (exact) mass is 244 g/mol. The number of nitrogens with one attached hydrogen (secondary N) is 1. The van der Waals surface area contributed by atoms with Crippen molar-refractivity contribution < 1.29 is 4.79 Å². The molecular formula is C12H24N2OS. The van der Waals surface area contributed by atoms with Gasteiger partial charge in [0.15, 0.2) is 0 Å². The highest BCUT2D eigenvalue weighted by Crippen LogP contribution is 2.25. The lowest BCUT2D eigenvalue weighted by atomic mass is 10.2. The summed E-state index contributed by atoms with van der Waals surface area (Å²) in [4.78, 5) is 14.1. The van der Waals surface area contributed by atoms with Gasteiger partial charge >= 0.3 is 0 Å². The molecule has 94 valence electrons. The topological polar surface area (TPSA) is 32.3 Å². The molecule has 1 N–H and O–H groups in total. The summed E-state index contributed by atoms with van der Waals surface area (Å²) >= 11 is 1.82. The SMILES string of the molecule is CSC(C)(C)CN1CCC(NC(C)C)C1=O. The second kappa shape index (κ2) is 5.41. The number of hydrogen-bond acceptors (Lipinski definition) is 3. The molecule has 0 aromatic carbocycles. The Morgan fingerprint density at radius 1 is 1.56 bits per heavy atom. The van der Waals surface area contributed by atoms with Crippen molar-refractivity contribution in [2.75, 3.05) is 19.3 Å². The van der Waals surface area contributed by atoms with E-state index in [0.717, 1.165) is 19.5 Å². The molecule has 0 aliphatic carbocycles. The first kappa shape index (κ1) is 13.8. The quantitative estimate of drug-likeness (QED) is 0.799. The van der Waals surface area contributed by atoms with Gasteiger partial charge in [-0.05, 0) is 26.5 Å². The molecule has 1 saturated heterocycles. The van der Waals surface area contributed by atoms with Gasteiger partial charge in [0.1, 0.15) is 0 Å². The van der Waals surface area contributed by atoms with Crippen LogP contribution in [0, 0.1) is 0 Å². The molecule has 0 bridgehead atoms. The Bertz CT molecular complexity index is 253. The van der Waals surface area contributed by atoms with Crippen molar-refractivity contribution >= 4 is 17.7 Å². The van der Waals surface area contributed by atoms with Crippen LogP contribution in [0.4, 0.5) is 0 Å². The van der Waals surface area contributed by atoms with Crippen LogP contribution in [-0.4, -0.2) is 47.0 Å². The van der Waals surface area contributed by atoms with Gasteiger partial charge in [0, 0.05) is 23.9 Å². The van der Waals surface area contributed by atoms with Crippen LogP contribution >= 0.6 is 11.8 Å². The van der Waals surface area contributed by atoms with Gasteiger partial charge < -0.3 is 10.2 Å². The number of nitrogens with zero attached hydrogens (tertiary/aromatic N) is 1. The molecule has 0 aromatic rings. The molecule has 3 nitrogen and oxygen atoms in total. The highest BCUT2D eigenvalue weighted by atomic mass is 32.2. The third-order valence-corrected chi connectivity index (χ3v) is 4.19. The lowest BCUT2D eigenvalue weighted by Crippen LogP contribution is -2.44. The molecule has 0 aromatic heterocycles. The van der Waals surface area contributed by atoms with Gasteiger partial charge in [-0.3, -0.25) is 4.79 Å². The van der Waals surface area contributed by atoms with Crippen LogP contribution in [0.3, 0.4) is 0 Å². The second-order valence-electron chi connectivity index (χ2n) is 5.39. The number of amides is 1. The van der Waals surface area contributed by atoms with Crippen LogP contribution in [0.5, 0.6) is 0 Å². The van der Waals surface area contributed by atoms with Crippen LogP contribution in [0.2, 0.25) is 0 Å². The van der Waals surface area contributed by atoms with Crippen LogP contribution < -0.4 is 5.32 Å². The highest BCUT2D eigenvalue weighted by Gasteiger charge is 2.34. The number of rotatable bonds is 5. The minimum atomic E-state index is 0.0395. The molecule has 0 saturated carbocycles. The molecule has 1 aliphatic heterocycles. The maximum absolute atomic E-state index is 12.1. The highest BCUT2D eigenvalue weighted by molar-refractivity contribution is 7.99. The molecule has 1 aliphatic rings. The maximum atomic E-state index is 12.1. The first-order valence-corrected chi connectivity index (χ1v) is 7.18. The molecule has 0 radical (unpaired) electrons. The third kappa shape index (κ3) is 3.67. The number of thioether (sulfide) groups is 1. The normalized spacial score (nSPS) is 22.2. The summed E-state index contributed by atoms with van der Waals surface area (Å²) < 4.78 is 0.155. The van der Waals surface area contributed by atoms with E-state index in [1.165, 1.54) is 0 Å². The van der Waals surface area contributed by atoms with Crippen molar-refractivity contribution in [1.82, 2.24) is 10.2 Å². The van der Waals surface area contributed by atoms with Gasteiger partial charge in [0.2, 0.25) is 5.91 Å². The molecule has 1 rings (SSSR count). The van der Waals surface area contributed by atoms with Crippen molar-refractivity contribution in [2.45, 2.75) is 50.9 Å². The molecule has 16 heavy (non-hydrogen) atoms. The van der Waals surface area contributed by atoms with Gasteiger partial charge in [-0.2, -0.15) is 11.8 Å². The number of carbonyl (C=O) groups is 1. The predicted molar refractivity (Wildman–Crippen MR) is 70.9 cm³/mol. The van der Waals surface area contributed by atoms with E-state index in [-0.39, 0.29) is 16.7 Å². The standard InChI is InChI=1S/C12H24N2OS/c1-9(2)13-10-6-7-14(11(10)15)8-12(3,4)16-5/h9-10,13H,6-8H2,1-5H3. The van der Waals surface area contributed by atoms with Gasteiger partial charge in [-0.25, -0.2) is 0 Å². The average Bonchev–Trinajstić information content (AvgIpc) is 2.49. The average molecular weight is 244 g/mol. The van der Waals surface area contributed by atoms with E-state index in [0.29, 0.717) is 6.04 Å². The molecule has 1 atom stereocenters. The third-order valence-electron chi connectivity index (χ3n) is 2.96. The molecule has 1 fully saturated rings. The minimum absolute atomic E-state index is 0.0395. The zero-order valence-corrected chi connectivity index (χ0v) is 11.9. The zero-order chi connectivity index (χ0) is 12.3. The van der Waals surface area contributed by atoms with Crippen LogP contribution in [0.1, 0.15) is 34.1 Å². The molecule has 0 spiro atoms. The van der Waals surface area contributed by atoms with E-state index in [9.17, 15) is 4.79 Å².